The predicted octanol–water partition coefficient (Wildman–Crippen LogP) is 1.88. The van der Waals surface area contributed by atoms with Gasteiger partial charge in [-0.25, -0.2) is 0 Å². The summed E-state index contributed by atoms with van der Waals surface area (Å²) in [5.41, 5.74) is 0.465. The van der Waals surface area contributed by atoms with Crippen molar-refractivity contribution in [3.05, 3.63) is 30.1 Å². The maximum absolute atomic E-state index is 8.20. The molecule has 3 nitrogen and oxygen atoms in total. The Morgan fingerprint density at radius 3 is 2.73 bits per heavy atom. The van der Waals surface area contributed by atoms with Crippen LogP contribution in [0.3, 0.4) is 0 Å². The Balaban J connectivity index is 0.000001000. The molecular weight excluding hydrogens is 187 g/mol. The summed E-state index contributed by atoms with van der Waals surface area (Å²) >= 11 is 5.43. The zero-order chi connectivity index (χ0) is 7.40. The van der Waals surface area contributed by atoms with Gasteiger partial charge in [-0.1, -0.05) is 22.8 Å². The van der Waals surface area contributed by atoms with E-state index < -0.39 is 0 Å². The molecule has 0 spiro atoms. The quantitative estimate of drug-likeness (QED) is 0.420. The molecule has 1 aromatic rings. The second-order valence-corrected chi connectivity index (χ2v) is 1.96. The molecule has 0 unspecified atom stereocenters. The fourth-order valence-electron chi connectivity index (χ4n) is 0.536. The van der Waals surface area contributed by atoms with Crippen molar-refractivity contribution in [2.75, 3.05) is 0 Å². The van der Waals surface area contributed by atoms with Crippen molar-refractivity contribution in [1.82, 2.24) is 4.98 Å². The van der Waals surface area contributed by atoms with E-state index in [9.17, 15) is 0 Å². The Bertz CT molecular complexity index is 238. The normalized spacial score (nSPS) is 10.5. The summed E-state index contributed by atoms with van der Waals surface area (Å²) in [6.07, 6.45) is 1.57. The van der Waals surface area contributed by atoms with E-state index in [1.54, 1.807) is 24.4 Å². The first-order valence-corrected chi connectivity index (χ1v) is 3.01. The van der Waals surface area contributed by atoms with Crippen LogP contribution in [-0.4, -0.2) is 15.4 Å². The maximum atomic E-state index is 8.20. The third-order valence-electron chi connectivity index (χ3n) is 0.964. The van der Waals surface area contributed by atoms with Gasteiger partial charge >= 0.3 is 0 Å². The van der Waals surface area contributed by atoms with E-state index in [0.29, 0.717) is 5.69 Å². The first-order chi connectivity index (χ1) is 4.84. The van der Waals surface area contributed by atoms with Crippen LogP contribution in [0.5, 0.6) is 0 Å². The molecule has 0 atom stereocenters. The number of aromatic nitrogens is 1. The van der Waals surface area contributed by atoms with Gasteiger partial charge in [-0.3, -0.25) is 4.98 Å². The number of hydrogen-bond acceptors (Lipinski definition) is 3. The molecule has 0 radical (unpaired) electrons. The van der Waals surface area contributed by atoms with E-state index in [1.165, 1.54) is 0 Å². The molecule has 1 heterocycles. The van der Waals surface area contributed by atoms with Crippen molar-refractivity contribution >= 4 is 29.2 Å². The molecule has 0 aliphatic heterocycles. The molecule has 0 fully saturated rings. The number of rotatable bonds is 1. The van der Waals surface area contributed by atoms with Gasteiger partial charge in [0, 0.05) is 6.20 Å². The molecular formula is C6H6Cl2N2O. The number of hydrogen-bond donors (Lipinski definition) is 1. The average molecular weight is 193 g/mol. The van der Waals surface area contributed by atoms with E-state index in [0.717, 1.165) is 0 Å². The molecule has 1 N–H and O–H groups in total. The van der Waals surface area contributed by atoms with E-state index in [-0.39, 0.29) is 17.6 Å². The van der Waals surface area contributed by atoms with Gasteiger partial charge in [0.25, 0.3) is 0 Å². The minimum absolute atomic E-state index is 0. The smallest absolute Gasteiger partial charge is 0.193 e. The fraction of sp³-hybridized carbons (Fsp3) is 0. The third kappa shape index (κ3) is 2.74. The van der Waals surface area contributed by atoms with Crippen LogP contribution in [0.15, 0.2) is 29.6 Å². The van der Waals surface area contributed by atoms with Gasteiger partial charge in [0.05, 0.1) is 0 Å². The van der Waals surface area contributed by atoms with Crippen LogP contribution in [0.1, 0.15) is 5.69 Å². The van der Waals surface area contributed by atoms with Crippen molar-refractivity contribution in [2.24, 2.45) is 5.16 Å². The molecule has 0 aliphatic rings. The lowest BCUT2D eigenvalue weighted by Gasteiger charge is -1.90. The van der Waals surface area contributed by atoms with Gasteiger partial charge in [0.15, 0.2) is 5.17 Å². The molecule has 0 aliphatic carbocycles. The molecule has 1 rings (SSSR count). The summed E-state index contributed by atoms with van der Waals surface area (Å²) in [6, 6.07) is 5.17. The van der Waals surface area contributed by atoms with Crippen LogP contribution in [0, 0.1) is 0 Å². The molecule has 1 aromatic heterocycles. The first kappa shape index (κ1) is 10.2. The highest BCUT2D eigenvalue weighted by atomic mass is 35.5. The summed E-state index contributed by atoms with van der Waals surface area (Å²) in [6.45, 7) is 0. The second kappa shape index (κ2) is 4.93. The Labute approximate surface area is 75.1 Å². The lowest BCUT2D eigenvalue weighted by Crippen LogP contribution is -1.93. The number of pyridine rings is 1. The lowest BCUT2D eigenvalue weighted by atomic mass is 10.4. The Hall–Kier alpha value is -0.800. The molecule has 0 bridgehead atoms. The van der Waals surface area contributed by atoms with Gasteiger partial charge in [0.1, 0.15) is 5.69 Å². The van der Waals surface area contributed by atoms with Crippen LogP contribution < -0.4 is 0 Å². The Morgan fingerprint density at radius 2 is 2.27 bits per heavy atom. The summed E-state index contributed by atoms with van der Waals surface area (Å²) in [5, 5.41) is 11.0. The van der Waals surface area contributed by atoms with Crippen LogP contribution >= 0.6 is 24.0 Å². The highest BCUT2D eigenvalue weighted by Gasteiger charge is 1.97. The zero-order valence-electron chi connectivity index (χ0n) is 5.44. The third-order valence-corrected chi connectivity index (χ3v) is 1.23. The van der Waals surface area contributed by atoms with Gasteiger partial charge in [0.2, 0.25) is 0 Å². The largest absolute Gasteiger partial charge is 0.410 e. The van der Waals surface area contributed by atoms with Gasteiger partial charge in [-0.15, -0.1) is 12.4 Å². The van der Waals surface area contributed by atoms with Crippen LogP contribution in [0.2, 0.25) is 0 Å². The number of oxime groups is 1. The van der Waals surface area contributed by atoms with Crippen molar-refractivity contribution < 1.29 is 5.21 Å². The van der Waals surface area contributed by atoms with E-state index in [4.69, 9.17) is 16.8 Å². The SMILES string of the molecule is Cl.O/N=C(/Cl)c1ccccn1. The van der Waals surface area contributed by atoms with Crippen molar-refractivity contribution in [2.45, 2.75) is 0 Å². The summed E-state index contributed by atoms with van der Waals surface area (Å²) < 4.78 is 0. The van der Waals surface area contributed by atoms with Crippen LogP contribution in [0.4, 0.5) is 0 Å². The maximum Gasteiger partial charge on any atom is 0.193 e. The second-order valence-electron chi connectivity index (χ2n) is 1.61. The van der Waals surface area contributed by atoms with Gasteiger partial charge in [-0.05, 0) is 12.1 Å². The minimum atomic E-state index is 0. The average Bonchev–Trinajstić information content (AvgIpc) is 2.05. The minimum Gasteiger partial charge on any atom is -0.410 e. The molecule has 0 amide bonds. The molecule has 11 heavy (non-hydrogen) atoms. The van der Waals surface area contributed by atoms with E-state index in [1.807, 2.05) is 0 Å². The van der Waals surface area contributed by atoms with Crippen LogP contribution in [-0.2, 0) is 0 Å². The highest BCUT2D eigenvalue weighted by molar-refractivity contribution is 6.69. The van der Waals surface area contributed by atoms with Gasteiger partial charge in [-0.2, -0.15) is 0 Å². The number of nitrogens with zero attached hydrogens (tertiary/aromatic N) is 2. The molecule has 60 valence electrons. The predicted molar refractivity (Wildman–Crippen MR) is 45.7 cm³/mol. The van der Waals surface area contributed by atoms with E-state index in [2.05, 4.69) is 10.1 Å². The summed E-state index contributed by atoms with van der Waals surface area (Å²) in [7, 11) is 0. The van der Waals surface area contributed by atoms with Crippen molar-refractivity contribution in [3.63, 3.8) is 0 Å². The topological polar surface area (TPSA) is 45.5 Å². The van der Waals surface area contributed by atoms with Crippen molar-refractivity contribution in [1.29, 1.82) is 0 Å². The monoisotopic (exact) mass is 192 g/mol. The number of halogens is 2. The standard InChI is InChI=1S/C6H5ClN2O.ClH/c7-6(9-10)5-3-1-2-4-8-5;/h1-4,10H;1H/b9-6+;. The molecule has 0 saturated carbocycles. The molecule has 0 saturated heterocycles. The van der Waals surface area contributed by atoms with Crippen molar-refractivity contribution in [3.8, 4) is 0 Å². The zero-order valence-corrected chi connectivity index (χ0v) is 7.01. The van der Waals surface area contributed by atoms with Crippen LogP contribution in [0.25, 0.3) is 0 Å². The highest BCUT2D eigenvalue weighted by Crippen LogP contribution is 1.98. The summed E-state index contributed by atoms with van der Waals surface area (Å²) in [4.78, 5) is 3.83. The Kier molecular flexibility index (Phi) is 4.57. The lowest BCUT2D eigenvalue weighted by molar-refractivity contribution is 0.320. The first-order valence-electron chi connectivity index (χ1n) is 2.63. The van der Waals surface area contributed by atoms with Gasteiger partial charge < -0.3 is 5.21 Å². The molecule has 0 aromatic carbocycles. The summed E-state index contributed by atoms with van der Waals surface area (Å²) in [5.74, 6) is 0. The Morgan fingerprint density at radius 1 is 1.55 bits per heavy atom. The van der Waals surface area contributed by atoms with E-state index >= 15 is 0 Å². The molecule has 5 heteroatoms. The fourth-order valence-corrected chi connectivity index (χ4v) is 0.648.